The van der Waals surface area contributed by atoms with Crippen molar-refractivity contribution in [2.24, 2.45) is 11.7 Å². The van der Waals surface area contributed by atoms with Crippen molar-refractivity contribution in [3.05, 3.63) is 0 Å². The van der Waals surface area contributed by atoms with E-state index in [4.69, 9.17) is 10.5 Å². The largest absolute Gasteiger partial charge is 0.383 e. The molecule has 0 radical (unpaired) electrons. The van der Waals surface area contributed by atoms with Crippen molar-refractivity contribution in [2.45, 2.75) is 38.3 Å². The highest BCUT2D eigenvalue weighted by Crippen LogP contribution is 2.31. The number of ether oxygens (including phenoxy) is 1. The number of hydrogen-bond acceptors (Lipinski definition) is 4. The lowest BCUT2D eigenvalue weighted by Gasteiger charge is -2.49. The van der Waals surface area contributed by atoms with Crippen molar-refractivity contribution in [1.29, 1.82) is 0 Å². The van der Waals surface area contributed by atoms with Gasteiger partial charge in [0.2, 0.25) is 0 Å². The van der Waals surface area contributed by atoms with Crippen molar-refractivity contribution >= 4 is 0 Å². The van der Waals surface area contributed by atoms with Gasteiger partial charge in [0, 0.05) is 45.9 Å². The van der Waals surface area contributed by atoms with Gasteiger partial charge in [-0.1, -0.05) is 13.8 Å². The standard InChI is InChI=1S/C14H29N3O/c1-12(2)14(10-15,11-18-3)17-8-6-16(7-9-17)13-4-5-13/h12-13H,4-11,15H2,1-3H3. The van der Waals surface area contributed by atoms with Gasteiger partial charge >= 0.3 is 0 Å². The maximum Gasteiger partial charge on any atom is 0.0661 e. The smallest absolute Gasteiger partial charge is 0.0661 e. The summed E-state index contributed by atoms with van der Waals surface area (Å²) in [6.07, 6.45) is 2.81. The molecule has 1 heterocycles. The Morgan fingerprint density at radius 1 is 1.22 bits per heavy atom. The zero-order valence-corrected chi connectivity index (χ0v) is 12.2. The Kier molecular flexibility index (Phi) is 4.64. The summed E-state index contributed by atoms with van der Waals surface area (Å²) in [4.78, 5) is 5.21. The van der Waals surface area contributed by atoms with Crippen molar-refractivity contribution in [1.82, 2.24) is 9.80 Å². The average Bonchev–Trinajstić information content (AvgIpc) is 3.20. The summed E-state index contributed by atoms with van der Waals surface area (Å²) in [6.45, 7) is 10.6. The second-order valence-electron chi connectivity index (χ2n) is 6.15. The molecule has 1 aliphatic heterocycles. The summed E-state index contributed by atoms with van der Waals surface area (Å²) in [5, 5.41) is 0. The Morgan fingerprint density at radius 2 is 1.83 bits per heavy atom. The summed E-state index contributed by atoms with van der Waals surface area (Å²) >= 11 is 0. The number of hydrogen-bond donors (Lipinski definition) is 1. The maximum absolute atomic E-state index is 6.10. The highest BCUT2D eigenvalue weighted by atomic mass is 16.5. The molecule has 1 atom stereocenters. The van der Waals surface area contributed by atoms with E-state index < -0.39 is 0 Å². The van der Waals surface area contributed by atoms with Gasteiger partial charge in [-0.25, -0.2) is 0 Å². The summed E-state index contributed by atoms with van der Waals surface area (Å²) in [5.41, 5.74) is 6.12. The van der Waals surface area contributed by atoms with E-state index in [9.17, 15) is 0 Å². The molecule has 1 aliphatic carbocycles. The molecule has 0 amide bonds. The van der Waals surface area contributed by atoms with Crippen LogP contribution < -0.4 is 5.73 Å². The van der Waals surface area contributed by atoms with Crippen molar-refractivity contribution < 1.29 is 4.74 Å². The number of nitrogens with zero attached hydrogens (tertiary/aromatic N) is 2. The van der Waals surface area contributed by atoms with Crippen LogP contribution in [-0.4, -0.2) is 67.8 Å². The molecule has 0 aromatic rings. The lowest BCUT2D eigenvalue weighted by atomic mass is 9.84. The minimum atomic E-state index is 0.0182. The van der Waals surface area contributed by atoms with Gasteiger partial charge in [-0.3, -0.25) is 9.80 Å². The van der Waals surface area contributed by atoms with E-state index in [-0.39, 0.29) is 5.54 Å². The molecule has 0 aromatic carbocycles. The Bertz CT molecular complexity index is 260. The van der Waals surface area contributed by atoms with Crippen LogP contribution in [0.25, 0.3) is 0 Å². The third kappa shape index (κ3) is 2.72. The predicted octanol–water partition coefficient (Wildman–Crippen LogP) is 0.766. The second kappa shape index (κ2) is 5.87. The molecule has 2 fully saturated rings. The number of methoxy groups -OCH3 is 1. The highest BCUT2D eigenvalue weighted by molar-refractivity contribution is 4.98. The average molecular weight is 255 g/mol. The topological polar surface area (TPSA) is 41.7 Å². The molecule has 0 spiro atoms. The molecule has 1 saturated carbocycles. The number of nitrogens with two attached hydrogens (primary N) is 1. The highest BCUT2D eigenvalue weighted by Gasteiger charge is 2.41. The van der Waals surface area contributed by atoms with Gasteiger partial charge < -0.3 is 10.5 Å². The van der Waals surface area contributed by atoms with Crippen LogP contribution in [0.1, 0.15) is 26.7 Å². The Morgan fingerprint density at radius 3 is 2.22 bits per heavy atom. The van der Waals surface area contributed by atoms with Gasteiger partial charge in [0.05, 0.1) is 12.1 Å². The van der Waals surface area contributed by atoms with E-state index in [0.717, 1.165) is 25.7 Å². The molecule has 4 heteroatoms. The fraction of sp³-hybridized carbons (Fsp3) is 1.00. The zero-order valence-electron chi connectivity index (χ0n) is 12.2. The SMILES string of the molecule is COCC(CN)(C(C)C)N1CCN(C2CC2)CC1. The second-order valence-corrected chi connectivity index (χ2v) is 6.15. The van der Waals surface area contributed by atoms with E-state index in [1.807, 2.05) is 0 Å². The molecule has 0 aromatic heterocycles. The van der Waals surface area contributed by atoms with Crippen LogP contribution in [0.2, 0.25) is 0 Å². The van der Waals surface area contributed by atoms with Crippen LogP contribution >= 0.6 is 0 Å². The molecule has 106 valence electrons. The predicted molar refractivity (Wildman–Crippen MR) is 74.7 cm³/mol. The van der Waals surface area contributed by atoms with Gasteiger partial charge in [0.25, 0.3) is 0 Å². The third-order valence-electron chi connectivity index (χ3n) is 4.83. The number of piperazine rings is 1. The first-order valence-corrected chi connectivity index (χ1v) is 7.32. The first-order valence-electron chi connectivity index (χ1n) is 7.32. The molecule has 0 bridgehead atoms. The molecular weight excluding hydrogens is 226 g/mol. The van der Waals surface area contributed by atoms with Gasteiger partial charge in [0.1, 0.15) is 0 Å². The molecular formula is C14H29N3O. The Labute approximate surface area is 111 Å². The van der Waals surface area contributed by atoms with E-state index >= 15 is 0 Å². The third-order valence-corrected chi connectivity index (χ3v) is 4.83. The van der Waals surface area contributed by atoms with Crippen LogP contribution in [0, 0.1) is 5.92 Å². The summed E-state index contributed by atoms with van der Waals surface area (Å²) < 4.78 is 5.46. The number of rotatable bonds is 6. The van der Waals surface area contributed by atoms with Crippen LogP contribution in [0.5, 0.6) is 0 Å². The maximum atomic E-state index is 6.10. The van der Waals surface area contributed by atoms with Gasteiger partial charge in [-0.05, 0) is 18.8 Å². The van der Waals surface area contributed by atoms with E-state index in [0.29, 0.717) is 12.5 Å². The first kappa shape index (κ1) is 14.3. The summed E-state index contributed by atoms with van der Waals surface area (Å²) in [7, 11) is 1.78. The van der Waals surface area contributed by atoms with E-state index in [2.05, 4.69) is 23.6 Å². The quantitative estimate of drug-likeness (QED) is 0.761. The first-order chi connectivity index (χ1) is 8.64. The van der Waals surface area contributed by atoms with Crippen molar-refractivity contribution in [3.63, 3.8) is 0 Å². The van der Waals surface area contributed by atoms with Gasteiger partial charge in [0.15, 0.2) is 0 Å². The molecule has 2 aliphatic rings. The minimum Gasteiger partial charge on any atom is -0.383 e. The summed E-state index contributed by atoms with van der Waals surface area (Å²) in [6, 6.07) is 0.890. The lowest BCUT2D eigenvalue weighted by molar-refractivity contribution is -0.0408. The fourth-order valence-electron chi connectivity index (χ4n) is 3.27. The van der Waals surface area contributed by atoms with Crippen LogP contribution in [0.4, 0.5) is 0 Å². The molecule has 1 saturated heterocycles. The summed E-state index contributed by atoms with van der Waals surface area (Å²) in [5.74, 6) is 0.523. The van der Waals surface area contributed by atoms with E-state index in [1.165, 1.54) is 25.9 Å². The van der Waals surface area contributed by atoms with Gasteiger partial charge in [-0.15, -0.1) is 0 Å². The molecule has 2 rings (SSSR count). The minimum absolute atomic E-state index is 0.0182. The molecule has 4 nitrogen and oxygen atoms in total. The van der Waals surface area contributed by atoms with Crippen molar-refractivity contribution in [2.75, 3.05) is 46.4 Å². The fourth-order valence-corrected chi connectivity index (χ4v) is 3.27. The van der Waals surface area contributed by atoms with Crippen molar-refractivity contribution in [3.8, 4) is 0 Å². The molecule has 2 N–H and O–H groups in total. The van der Waals surface area contributed by atoms with E-state index in [1.54, 1.807) is 7.11 Å². The van der Waals surface area contributed by atoms with Crippen LogP contribution in [-0.2, 0) is 4.74 Å². The van der Waals surface area contributed by atoms with Gasteiger partial charge in [-0.2, -0.15) is 0 Å². The Balaban J connectivity index is 1.98. The molecule has 18 heavy (non-hydrogen) atoms. The van der Waals surface area contributed by atoms with Crippen LogP contribution in [0.3, 0.4) is 0 Å². The Hall–Kier alpha value is -0.160. The zero-order chi connectivity index (χ0) is 13.2. The lowest BCUT2D eigenvalue weighted by Crippen LogP contribution is -2.65. The normalized spacial score (nSPS) is 26.5. The molecule has 1 unspecified atom stereocenters. The van der Waals surface area contributed by atoms with Crippen LogP contribution in [0.15, 0.2) is 0 Å². The monoisotopic (exact) mass is 255 g/mol.